The van der Waals surface area contributed by atoms with Crippen LogP contribution >= 0.6 is 23.4 Å². The van der Waals surface area contributed by atoms with E-state index in [9.17, 15) is 4.79 Å². The summed E-state index contributed by atoms with van der Waals surface area (Å²) in [6.45, 7) is 4.61. The van der Waals surface area contributed by atoms with E-state index >= 15 is 0 Å². The molecule has 5 nitrogen and oxygen atoms in total. The second-order valence-electron chi connectivity index (χ2n) is 4.14. The first-order valence-electron chi connectivity index (χ1n) is 6.06. The van der Waals surface area contributed by atoms with Crippen molar-refractivity contribution < 1.29 is 9.90 Å². The van der Waals surface area contributed by atoms with Gasteiger partial charge in [0, 0.05) is 18.5 Å². The maximum atomic E-state index is 10.9. The molecule has 0 aromatic carbocycles. The second-order valence-corrected chi connectivity index (χ2v) is 5.51. The first kappa shape index (κ1) is 14.9. The molecule has 0 aliphatic heterocycles. The minimum atomic E-state index is -0.957. The number of carboxylic acid groups (broad SMARTS) is 1. The average Bonchev–Trinajstić information content (AvgIpc) is 2.72. The van der Waals surface area contributed by atoms with Crippen LogP contribution in [0.5, 0.6) is 0 Å². The molecule has 0 spiro atoms. The van der Waals surface area contributed by atoms with Crippen LogP contribution in [0.15, 0.2) is 23.4 Å². The van der Waals surface area contributed by atoms with E-state index in [-0.39, 0.29) is 5.56 Å². The Labute approximate surface area is 126 Å². The Hall–Kier alpha value is -1.53. The Morgan fingerprint density at radius 3 is 2.95 bits per heavy atom. The van der Waals surface area contributed by atoms with Gasteiger partial charge in [0.2, 0.25) is 0 Å². The van der Waals surface area contributed by atoms with Crippen LogP contribution < -0.4 is 0 Å². The molecule has 0 unspecified atom stereocenters. The Kier molecular flexibility index (Phi) is 4.67. The fourth-order valence-electron chi connectivity index (χ4n) is 1.77. The van der Waals surface area contributed by atoms with E-state index in [0.717, 1.165) is 17.9 Å². The van der Waals surface area contributed by atoms with Crippen LogP contribution in [0.3, 0.4) is 0 Å². The second kappa shape index (κ2) is 6.28. The van der Waals surface area contributed by atoms with Crippen molar-refractivity contribution in [2.75, 3.05) is 0 Å². The summed E-state index contributed by atoms with van der Waals surface area (Å²) in [6.07, 6.45) is 1.50. The fraction of sp³-hybridized carbons (Fsp3) is 0.308. The van der Waals surface area contributed by atoms with Crippen molar-refractivity contribution in [1.82, 2.24) is 14.8 Å². The molecule has 2 heterocycles. The molecular formula is C13H14ClN3O2S. The summed E-state index contributed by atoms with van der Waals surface area (Å²) in [5.74, 6) is -0.356. The predicted octanol–water partition coefficient (Wildman–Crippen LogP) is 3.25. The van der Waals surface area contributed by atoms with E-state index in [1.807, 2.05) is 18.5 Å². The van der Waals surface area contributed by atoms with Gasteiger partial charge in [0.05, 0.1) is 27.0 Å². The molecular weight excluding hydrogens is 298 g/mol. The molecule has 0 fully saturated rings. The minimum Gasteiger partial charge on any atom is -0.478 e. The zero-order valence-corrected chi connectivity index (χ0v) is 12.7. The zero-order valence-electron chi connectivity index (χ0n) is 11.1. The Balaban J connectivity index is 2.16. The summed E-state index contributed by atoms with van der Waals surface area (Å²) in [7, 11) is 0. The lowest BCUT2D eigenvalue weighted by atomic mass is 10.3. The van der Waals surface area contributed by atoms with E-state index in [2.05, 4.69) is 10.1 Å². The molecule has 0 aliphatic rings. The Morgan fingerprint density at radius 1 is 1.55 bits per heavy atom. The van der Waals surface area contributed by atoms with Crippen molar-refractivity contribution in [2.45, 2.75) is 31.2 Å². The van der Waals surface area contributed by atoms with E-state index in [1.54, 1.807) is 6.07 Å². The third kappa shape index (κ3) is 3.13. The van der Waals surface area contributed by atoms with Gasteiger partial charge in [0.25, 0.3) is 0 Å². The Morgan fingerprint density at radius 2 is 2.30 bits per heavy atom. The number of aromatic nitrogens is 3. The molecule has 2 rings (SSSR count). The highest BCUT2D eigenvalue weighted by Crippen LogP contribution is 2.28. The standard InChI is InChI=1S/C13H14ClN3O2S/c1-3-17-10(12(14)8(2)16-17)7-20-11-6-9(13(18)19)4-5-15-11/h4-6H,3,7H2,1-2H3,(H,18,19). The van der Waals surface area contributed by atoms with Crippen LogP contribution in [0, 0.1) is 6.92 Å². The minimum absolute atomic E-state index is 0.230. The molecule has 0 saturated carbocycles. The number of aryl methyl sites for hydroxylation is 2. The molecule has 1 N–H and O–H groups in total. The van der Waals surface area contributed by atoms with Crippen LogP contribution in [0.2, 0.25) is 5.02 Å². The van der Waals surface area contributed by atoms with Gasteiger partial charge in [-0.1, -0.05) is 23.4 Å². The number of aromatic carboxylic acids is 1. The van der Waals surface area contributed by atoms with Crippen molar-refractivity contribution in [3.05, 3.63) is 40.3 Å². The highest BCUT2D eigenvalue weighted by Gasteiger charge is 2.13. The molecule has 0 amide bonds. The number of rotatable bonds is 5. The average molecular weight is 312 g/mol. The van der Waals surface area contributed by atoms with Crippen LogP contribution in [0.1, 0.15) is 28.7 Å². The lowest BCUT2D eigenvalue weighted by molar-refractivity contribution is 0.0696. The fourth-order valence-corrected chi connectivity index (χ4v) is 2.98. The number of thioether (sulfide) groups is 1. The molecule has 0 radical (unpaired) electrons. The number of carbonyl (C=O) groups is 1. The summed E-state index contributed by atoms with van der Waals surface area (Å²) in [5, 5.41) is 14.6. The van der Waals surface area contributed by atoms with Gasteiger partial charge in [-0.2, -0.15) is 5.10 Å². The number of hydrogen-bond acceptors (Lipinski definition) is 4. The molecule has 0 aliphatic carbocycles. The van der Waals surface area contributed by atoms with Crippen molar-refractivity contribution in [3.8, 4) is 0 Å². The smallest absolute Gasteiger partial charge is 0.335 e. The first-order chi connectivity index (χ1) is 9.52. The molecule has 2 aromatic heterocycles. The molecule has 0 saturated heterocycles. The van der Waals surface area contributed by atoms with Gasteiger partial charge >= 0.3 is 5.97 Å². The predicted molar refractivity (Wildman–Crippen MR) is 78.4 cm³/mol. The van der Waals surface area contributed by atoms with Crippen LogP contribution in [0.4, 0.5) is 0 Å². The summed E-state index contributed by atoms with van der Waals surface area (Å²) >= 11 is 7.67. The lowest BCUT2D eigenvalue weighted by Gasteiger charge is -2.05. The maximum absolute atomic E-state index is 10.9. The number of halogens is 1. The highest BCUT2D eigenvalue weighted by atomic mass is 35.5. The largest absolute Gasteiger partial charge is 0.478 e. The summed E-state index contributed by atoms with van der Waals surface area (Å²) < 4.78 is 1.85. The van der Waals surface area contributed by atoms with E-state index in [1.165, 1.54) is 24.0 Å². The summed E-state index contributed by atoms with van der Waals surface area (Å²) in [5.41, 5.74) is 1.96. The number of hydrogen-bond donors (Lipinski definition) is 1. The molecule has 106 valence electrons. The van der Waals surface area contributed by atoms with Gasteiger partial charge in [0.1, 0.15) is 0 Å². The van der Waals surface area contributed by atoms with Gasteiger partial charge in [0.15, 0.2) is 0 Å². The van der Waals surface area contributed by atoms with Gasteiger partial charge in [-0.15, -0.1) is 0 Å². The van der Waals surface area contributed by atoms with Crippen molar-refractivity contribution in [3.63, 3.8) is 0 Å². The number of pyridine rings is 1. The van der Waals surface area contributed by atoms with Gasteiger partial charge in [-0.05, 0) is 26.0 Å². The van der Waals surface area contributed by atoms with Crippen LogP contribution in [-0.4, -0.2) is 25.8 Å². The maximum Gasteiger partial charge on any atom is 0.335 e. The van der Waals surface area contributed by atoms with E-state index in [4.69, 9.17) is 16.7 Å². The third-order valence-electron chi connectivity index (χ3n) is 2.79. The topological polar surface area (TPSA) is 68.0 Å². The summed E-state index contributed by atoms with van der Waals surface area (Å²) in [6, 6.07) is 3.03. The molecule has 0 bridgehead atoms. The normalized spacial score (nSPS) is 10.8. The molecule has 20 heavy (non-hydrogen) atoms. The number of nitrogens with zero attached hydrogens (tertiary/aromatic N) is 3. The Bertz CT molecular complexity index is 643. The van der Waals surface area contributed by atoms with E-state index < -0.39 is 5.97 Å². The van der Waals surface area contributed by atoms with Gasteiger partial charge < -0.3 is 5.11 Å². The highest BCUT2D eigenvalue weighted by molar-refractivity contribution is 7.98. The number of carboxylic acids is 1. The quantitative estimate of drug-likeness (QED) is 0.858. The van der Waals surface area contributed by atoms with Crippen LogP contribution in [0.25, 0.3) is 0 Å². The van der Waals surface area contributed by atoms with Crippen molar-refractivity contribution in [1.29, 1.82) is 0 Å². The monoisotopic (exact) mass is 311 g/mol. The lowest BCUT2D eigenvalue weighted by Crippen LogP contribution is -2.02. The van der Waals surface area contributed by atoms with Crippen molar-refractivity contribution in [2.24, 2.45) is 0 Å². The molecule has 0 atom stereocenters. The summed E-state index contributed by atoms with van der Waals surface area (Å²) in [4.78, 5) is 15.1. The van der Waals surface area contributed by atoms with Crippen molar-refractivity contribution >= 4 is 29.3 Å². The van der Waals surface area contributed by atoms with Gasteiger partial charge in [-0.25, -0.2) is 9.78 Å². The van der Waals surface area contributed by atoms with Gasteiger partial charge in [-0.3, -0.25) is 4.68 Å². The van der Waals surface area contributed by atoms with Crippen LogP contribution in [-0.2, 0) is 12.3 Å². The van der Waals surface area contributed by atoms with E-state index in [0.29, 0.717) is 15.8 Å². The molecule has 7 heteroatoms. The molecule has 2 aromatic rings. The SMILES string of the molecule is CCn1nc(C)c(Cl)c1CSc1cc(C(=O)O)ccn1. The first-order valence-corrected chi connectivity index (χ1v) is 7.43. The zero-order chi connectivity index (χ0) is 14.7. The third-order valence-corrected chi connectivity index (χ3v) is 4.22.